The molecule has 0 unspecified atom stereocenters. The van der Waals surface area contributed by atoms with Crippen molar-refractivity contribution in [3.05, 3.63) is 77.3 Å². The first-order chi connectivity index (χ1) is 13.8. The minimum Gasteiger partial charge on any atom is -0.462 e. The summed E-state index contributed by atoms with van der Waals surface area (Å²) >= 11 is 5.91. The van der Waals surface area contributed by atoms with Crippen LogP contribution in [0.3, 0.4) is 0 Å². The summed E-state index contributed by atoms with van der Waals surface area (Å²) in [7, 11) is 0. The number of ketones is 1. The monoisotopic (exact) mass is 419 g/mol. The molecule has 0 saturated carbocycles. The van der Waals surface area contributed by atoms with E-state index in [0.29, 0.717) is 16.3 Å². The van der Waals surface area contributed by atoms with Gasteiger partial charge in [0.05, 0.1) is 18.1 Å². The number of hydrogen-bond acceptors (Lipinski definition) is 4. The van der Waals surface area contributed by atoms with E-state index >= 15 is 0 Å². The lowest BCUT2D eigenvalue weighted by Crippen LogP contribution is -2.51. The van der Waals surface area contributed by atoms with Gasteiger partial charge in [-0.3, -0.25) is 4.79 Å². The lowest BCUT2D eigenvalue weighted by molar-refractivity contribution is -0.174. The molecular weight excluding hydrogens is 400 g/mol. The first-order valence-corrected chi connectivity index (χ1v) is 9.52. The van der Waals surface area contributed by atoms with Gasteiger partial charge in [-0.25, -0.2) is 4.79 Å². The van der Waals surface area contributed by atoms with Gasteiger partial charge < -0.3 is 10.1 Å². The van der Waals surface area contributed by atoms with E-state index in [1.807, 2.05) is 0 Å². The number of allylic oxidation sites excluding steroid dienone is 1. The van der Waals surface area contributed by atoms with Gasteiger partial charge in [0, 0.05) is 17.1 Å². The van der Waals surface area contributed by atoms with E-state index in [4.69, 9.17) is 11.6 Å². The molecule has 2 aromatic rings. The fraction of sp³-hybridized carbons (Fsp3) is 0.273. The van der Waals surface area contributed by atoms with E-state index in [2.05, 4.69) is 10.1 Å². The van der Waals surface area contributed by atoms with Gasteiger partial charge in [-0.15, -0.1) is 0 Å². The van der Waals surface area contributed by atoms with Gasteiger partial charge in [-0.1, -0.05) is 48.0 Å². The van der Waals surface area contributed by atoms with Gasteiger partial charge in [-0.2, -0.15) is 8.78 Å². The fourth-order valence-electron chi connectivity index (χ4n) is 3.56. The lowest BCUT2D eigenvalue weighted by atomic mass is 9.70. The summed E-state index contributed by atoms with van der Waals surface area (Å²) in [6.07, 6.45) is 1.81. The van der Waals surface area contributed by atoms with Crippen molar-refractivity contribution in [1.82, 2.24) is 0 Å². The number of carbonyl (C=O) groups is 2. The van der Waals surface area contributed by atoms with Gasteiger partial charge >= 0.3 is 11.9 Å². The van der Waals surface area contributed by atoms with Gasteiger partial charge in [0.15, 0.2) is 5.78 Å². The Morgan fingerprint density at radius 3 is 2.45 bits per heavy atom. The molecule has 4 nitrogen and oxygen atoms in total. The van der Waals surface area contributed by atoms with E-state index in [9.17, 15) is 18.4 Å². The third-order valence-electron chi connectivity index (χ3n) is 4.94. The Bertz CT molecular complexity index is 915. The molecule has 0 aliphatic heterocycles. The predicted octanol–water partition coefficient (Wildman–Crippen LogP) is 4.79. The molecule has 0 heterocycles. The number of nitrogens with one attached hydrogen (secondary N) is 1. The Morgan fingerprint density at radius 1 is 1.17 bits per heavy atom. The molecule has 3 rings (SSSR count). The molecule has 2 atom stereocenters. The summed E-state index contributed by atoms with van der Waals surface area (Å²) in [5.41, 5.74) is -0.666. The third kappa shape index (κ3) is 4.17. The molecule has 0 amide bonds. The van der Waals surface area contributed by atoms with Crippen LogP contribution in [-0.2, 0) is 19.7 Å². The molecule has 0 fully saturated rings. The normalized spacial score (nSPS) is 21.2. The maximum absolute atomic E-state index is 14.8. The molecule has 0 bridgehead atoms. The third-order valence-corrected chi connectivity index (χ3v) is 5.19. The summed E-state index contributed by atoms with van der Waals surface area (Å²) in [6, 6.07) is 14.2. The second-order valence-corrected chi connectivity index (χ2v) is 7.23. The average molecular weight is 420 g/mol. The van der Waals surface area contributed by atoms with Crippen molar-refractivity contribution in [1.29, 1.82) is 0 Å². The summed E-state index contributed by atoms with van der Waals surface area (Å²) < 4.78 is 34.2. The average Bonchev–Trinajstić information content (AvgIpc) is 3.00. The Morgan fingerprint density at radius 2 is 1.83 bits per heavy atom. The van der Waals surface area contributed by atoms with Crippen molar-refractivity contribution >= 4 is 29.0 Å². The number of alkyl halides is 2. The Balaban J connectivity index is 2.04. The second kappa shape index (κ2) is 8.33. The highest BCUT2D eigenvalue weighted by Crippen LogP contribution is 2.44. The van der Waals surface area contributed by atoms with Crippen molar-refractivity contribution < 1.29 is 23.1 Å². The number of esters is 1. The standard InChI is InChI=1S/C22H20ClF2NO3/c1-2-29-20(28)22(24,25)14-21(15-6-4-3-5-7-15)18(12-13-19(21)27)26-17-10-8-16(23)9-11-17/h3-13,18,26H,2,14H2,1H3/t18-,21-/m1/s1. The van der Waals surface area contributed by atoms with Crippen LogP contribution in [0.4, 0.5) is 14.5 Å². The van der Waals surface area contributed by atoms with Crippen LogP contribution in [-0.4, -0.2) is 30.3 Å². The van der Waals surface area contributed by atoms with Crippen molar-refractivity contribution in [2.75, 3.05) is 11.9 Å². The van der Waals surface area contributed by atoms with Crippen LogP contribution in [0.1, 0.15) is 18.9 Å². The molecule has 29 heavy (non-hydrogen) atoms. The van der Waals surface area contributed by atoms with E-state index in [1.165, 1.54) is 13.0 Å². The Kier molecular flexibility index (Phi) is 6.03. The van der Waals surface area contributed by atoms with Gasteiger partial charge in [0.1, 0.15) is 0 Å². The van der Waals surface area contributed by atoms with Crippen LogP contribution in [0.5, 0.6) is 0 Å². The van der Waals surface area contributed by atoms with Crippen molar-refractivity contribution in [2.24, 2.45) is 0 Å². The van der Waals surface area contributed by atoms with Crippen molar-refractivity contribution in [3.63, 3.8) is 0 Å². The quantitative estimate of drug-likeness (QED) is 0.656. The van der Waals surface area contributed by atoms with Crippen molar-refractivity contribution in [3.8, 4) is 0 Å². The zero-order valence-electron chi connectivity index (χ0n) is 15.7. The first-order valence-electron chi connectivity index (χ1n) is 9.15. The van der Waals surface area contributed by atoms with E-state index in [0.717, 1.165) is 0 Å². The zero-order valence-corrected chi connectivity index (χ0v) is 16.5. The van der Waals surface area contributed by atoms with Crippen LogP contribution in [0.15, 0.2) is 66.7 Å². The van der Waals surface area contributed by atoms with Gasteiger partial charge in [0.25, 0.3) is 0 Å². The molecule has 0 spiro atoms. The summed E-state index contributed by atoms with van der Waals surface area (Å²) in [5, 5.41) is 3.65. The van der Waals surface area contributed by atoms with E-state index in [1.54, 1.807) is 60.7 Å². The van der Waals surface area contributed by atoms with Crippen LogP contribution >= 0.6 is 11.6 Å². The highest BCUT2D eigenvalue weighted by Gasteiger charge is 2.57. The molecule has 1 N–H and O–H groups in total. The molecule has 7 heteroatoms. The maximum atomic E-state index is 14.8. The van der Waals surface area contributed by atoms with E-state index in [-0.39, 0.29) is 6.61 Å². The lowest BCUT2D eigenvalue weighted by Gasteiger charge is -2.37. The minimum absolute atomic E-state index is 0.175. The smallest absolute Gasteiger partial charge is 0.377 e. The number of carbonyl (C=O) groups excluding carboxylic acids is 2. The Hall–Kier alpha value is -2.73. The number of halogens is 3. The number of ether oxygens (including phenoxy) is 1. The van der Waals surface area contributed by atoms with Gasteiger partial charge in [-0.05, 0) is 42.8 Å². The molecule has 0 aromatic heterocycles. The van der Waals surface area contributed by atoms with Crippen LogP contribution in [0.25, 0.3) is 0 Å². The fourth-order valence-corrected chi connectivity index (χ4v) is 3.69. The highest BCUT2D eigenvalue weighted by molar-refractivity contribution is 6.30. The summed E-state index contributed by atoms with van der Waals surface area (Å²) in [4.78, 5) is 24.9. The van der Waals surface area contributed by atoms with Crippen LogP contribution in [0, 0.1) is 0 Å². The van der Waals surface area contributed by atoms with Crippen molar-refractivity contribution in [2.45, 2.75) is 30.7 Å². The minimum atomic E-state index is -3.84. The molecule has 1 aliphatic rings. The maximum Gasteiger partial charge on any atom is 0.377 e. The zero-order chi connectivity index (χ0) is 21.1. The molecule has 2 aromatic carbocycles. The number of rotatable bonds is 7. The molecule has 0 radical (unpaired) electrons. The Labute approximate surface area is 172 Å². The number of hydrogen-bond donors (Lipinski definition) is 1. The van der Waals surface area contributed by atoms with Gasteiger partial charge in [0.2, 0.25) is 0 Å². The predicted molar refractivity (Wildman–Crippen MR) is 107 cm³/mol. The van der Waals surface area contributed by atoms with E-state index < -0.39 is 35.6 Å². The second-order valence-electron chi connectivity index (χ2n) is 6.79. The summed E-state index contributed by atoms with van der Waals surface area (Å²) in [6.45, 7) is 1.28. The SMILES string of the molecule is CCOC(=O)C(F)(F)C[C@]1(c2ccccc2)C(=O)C=C[C@H]1Nc1ccc(Cl)cc1. The molecule has 1 aliphatic carbocycles. The molecular formula is C22H20ClF2NO3. The van der Waals surface area contributed by atoms with Crippen LogP contribution < -0.4 is 5.32 Å². The first kappa shape index (κ1) is 21.0. The highest BCUT2D eigenvalue weighted by atomic mass is 35.5. The molecule has 152 valence electrons. The number of benzene rings is 2. The van der Waals surface area contributed by atoms with Crippen LogP contribution in [0.2, 0.25) is 5.02 Å². The largest absolute Gasteiger partial charge is 0.462 e. The number of anilines is 1. The summed E-state index contributed by atoms with van der Waals surface area (Å²) in [5.74, 6) is -5.98. The molecule has 0 saturated heterocycles. The topological polar surface area (TPSA) is 55.4 Å².